The first kappa shape index (κ1) is 16.7. The van der Waals surface area contributed by atoms with E-state index in [1.165, 1.54) is 36.3 Å². The Bertz CT molecular complexity index is 586. The van der Waals surface area contributed by atoms with Crippen LogP contribution in [0, 0.1) is 0 Å². The van der Waals surface area contributed by atoms with Crippen LogP contribution in [0.15, 0.2) is 41.8 Å². The Kier molecular flexibility index (Phi) is 6.19. The van der Waals surface area contributed by atoms with E-state index >= 15 is 0 Å². The molecule has 1 rings (SSSR count). The Balaban J connectivity index is 3.02. The summed E-state index contributed by atoms with van der Waals surface area (Å²) in [5.74, 6) is -0.302. The number of methoxy groups -OCH3 is 1. The van der Waals surface area contributed by atoms with Crippen LogP contribution in [0.5, 0.6) is 0 Å². The quantitative estimate of drug-likeness (QED) is 0.569. The first-order valence-electron chi connectivity index (χ1n) is 5.84. The predicted molar refractivity (Wildman–Crippen MR) is 77.5 cm³/mol. The van der Waals surface area contributed by atoms with Gasteiger partial charge in [-0.2, -0.15) is 0 Å². The molecule has 0 aliphatic rings. The number of hydrogen-bond acceptors (Lipinski definition) is 4. The van der Waals surface area contributed by atoms with Gasteiger partial charge in [0.2, 0.25) is 0 Å². The van der Waals surface area contributed by atoms with Gasteiger partial charge in [0.05, 0.1) is 11.5 Å². The third-order valence-corrected chi connectivity index (χ3v) is 3.92. The molecule has 0 radical (unpaired) electrons. The maximum absolute atomic E-state index is 12.3. The van der Waals surface area contributed by atoms with Crippen LogP contribution in [0.3, 0.4) is 0 Å². The highest BCUT2D eigenvalue weighted by Gasteiger charge is 2.17. The van der Waals surface area contributed by atoms with Crippen molar-refractivity contribution in [1.82, 2.24) is 4.90 Å². The Morgan fingerprint density at radius 1 is 1.50 bits per heavy atom. The second kappa shape index (κ2) is 7.42. The van der Waals surface area contributed by atoms with Crippen LogP contribution >= 0.6 is 10.7 Å². The number of benzene rings is 1. The number of carbonyl (C=O) groups excluding carboxylic acids is 1. The fourth-order valence-corrected chi connectivity index (χ4v) is 2.39. The van der Waals surface area contributed by atoms with E-state index in [9.17, 15) is 13.2 Å². The molecule has 1 amide bonds. The lowest BCUT2D eigenvalue weighted by atomic mass is 10.2. The zero-order valence-corrected chi connectivity index (χ0v) is 12.7. The average molecular weight is 318 g/mol. The molecular formula is C13H16ClNO4S. The second-order valence-electron chi connectivity index (χ2n) is 4.00. The molecule has 0 saturated carbocycles. The zero-order chi connectivity index (χ0) is 15.2. The Morgan fingerprint density at radius 2 is 2.20 bits per heavy atom. The van der Waals surface area contributed by atoms with Crippen molar-refractivity contribution in [2.24, 2.45) is 0 Å². The van der Waals surface area contributed by atoms with Crippen LogP contribution in [-0.4, -0.2) is 46.0 Å². The van der Waals surface area contributed by atoms with Crippen molar-refractivity contribution in [3.63, 3.8) is 0 Å². The van der Waals surface area contributed by atoms with E-state index in [0.29, 0.717) is 19.7 Å². The van der Waals surface area contributed by atoms with Crippen LogP contribution in [0.25, 0.3) is 0 Å². The minimum absolute atomic E-state index is 0.102. The van der Waals surface area contributed by atoms with Crippen molar-refractivity contribution in [1.29, 1.82) is 0 Å². The molecule has 1 aromatic carbocycles. The molecule has 0 unspecified atom stereocenters. The monoisotopic (exact) mass is 317 g/mol. The van der Waals surface area contributed by atoms with Crippen molar-refractivity contribution in [3.8, 4) is 0 Å². The Morgan fingerprint density at radius 3 is 2.75 bits per heavy atom. The summed E-state index contributed by atoms with van der Waals surface area (Å²) in [5, 5.41) is 0. The predicted octanol–water partition coefficient (Wildman–Crippen LogP) is 1.89. The highest BCUT2D eigenvalue weighted by molar-refractivity contribution is 8.13. The van der Waals surface area contributed by atoms with Crippen molar-refractivity contribution in [2.75, 3.05) is 26.8 Å². The van der Waals surface area contributed by atoms with Gasteiger partial charge < -0.3 is 9.64 Å². The summed E-state index contributed by atoms with van der Waals surface area (Å²) >= 11 is 0. The molecular weight excluding hydrogens is 302 g/mol. The largest absolute Gasteiger partial charge is 0.383 e. The van der Waals surface area contributed by atoms with Crippen LogP contribution in [0.2, 0.25) is 0 Å². The molecule has 20 heavy (non-hydrogen) atoms. The van der Waals surface area contributed by atoms with Crippen LogP contribution in [0.1, 0.15) is 10.4 Å². The van der Waals surface area contributed by atoms with Gasteiger partial charge in [0, 0.05) is 36.4 Å². The Hall–Kier alpha value is -1.37. The molecule has 0 saturated heterocycles. The van der Waals surface area contributed by atoms with E-state index in [-0.39, 0.29) is 16.4 Å². The van der Waals surface area contributed by atoms with E-state index in [4.69, 9.17) is 15.4 Å². The van der Waals surface area contributed by atoms with E-state index < -0.39 is 9.05 Å². The second-order valence-corrected chi connectivity index (χ2v) is 6.56. The molecule has 0 heterocycles. The van der Waals surface area contributed by atoms with E-state index in [1.54, 1.807) is 6.08 Å². The van der Waals surface area contributed by atoms with Crippen LogP contribution in [0.4, 0.5) is 0 Å². The molecule has 0 fully saturated rings. The van der Waals surface area contributed by atoms with Gasteiger partial charge in [-0.3, -0.25) is 4.79 Å². The molecule has 7 heteroatoms. The molecule has 0 spiro atoms. The highest BCUT2D eigenvalue weighted by Crippen LogP contribution is 2.17. The molecule has 0 N–H and O–H groups in total. The van der Waals surface area contributed by atoms with E-state index in [1.807, 2.05) is 0 Å². The first-order chi connectivity index (χ1) is 9.40. The van der Waals surface area contributed by atoms with Gasteiger partial charge in [0.15, 0.2) is 0 Å². The molecule has 0 aliphatic carbocycles. The van der Waals surface area contributed by atoms with Crippen molar-refractivity contribution >= 4 is 25.6 Å². The van der Waals surface area contributed by atoms with Gasteiger partial charge in [-0.15, -0.1) is 6.58 Å². The number of nitrogens with zero attached hydrogens (tertiary/aromatic N) is 1. The maximum Gasteiger partial charge on any atom is 0.261 e. The summed E-state index contributed by atoms with van der Waals surface area (Å²) < 4.78 is 27.5. The lowest BCUT2D eigenvalue weighted by Gasteiger charge is -2.20. The van der Waals surface area contributed by atoms with Crippen LogP contribution < -0.4 is 0 Å². The minimum Gasteiger partial charge on any atom is -0.383 e. The molecule has 5 nitrogen and oxygen atoms in total. The third kappa shape index (κ3) is 4.63. The number of hydrogen-bond donors (Lipinski definition) is 0. The van der Waals surface area contributed by atoms with Crippen molar-refractivity contribution < 1.29 is 17.9 Å². The van der Waals surface area contributed by atoms with Crippen LogP contribution in [-0.2, 0) is 13.8 Å². The molecule has 0 aromatic heterocycles. The fourth-order valence-electron chi connectivity index (χ4n) is 1.60. The van der Waals surface area contributed by atoms with E-state index in [2.05, 4.69) is 6.58 Å². The summed E-state index contributed by atoms with van der Waals surface area (Å²) in [5.41, 5.74) is 0.254. The summed E-state index contributed by atoms with van der Waals surface area (Å²) in [7, 11) is 2.95. The number of carbonyl (C=O) groups is 1. The molecule has 0 aliphatic heterocycles. The van der Waals surface area contributed by atoms with Gasteiger partial charge in [0.25, 0.3) is 15.0 Å². The smallest absolute Gasteiger partial charge is 0.261 e. The lowest BCUT2D eigenvalue weighted by Crippen LogP contribution is -2.34. The number of rotatable bonds is 7. The molecule has 110 valence electrons. The van der Waals surface area contributed by atoms with E-state index in [0.717, 1.165) is 0 Å². The summed E-state index contributed by atoms with van der Waals surface area (Å²) in [4.78, 5) is 13.7. The number of amides is 1. The summed E-state index contributed by atoms with van der Waals surface area (Å²) in [6.07, 6.45) is 1.59. The van der Waals surface area contributed by atoms with Gasteiger partial charge in [-0.05, 0) is 18.2 Å². The number of halogens is 1. The first-order valence-corrected chi connectivity index (χ1v) is 8.15. The SMILES string of the molecule is C=CCN(CCOC)C(=O)c1cccc(S(=O)(=O)Cl)c1. The number of ether oxygens (including phenoxy) is 1. The minimum atomic E-state index is -3.86. The third-order valence-electron chi connectivity index (χ3n) is 2.56. The highest BCUT2D eigenvalue weighted by atomic mass is 35.7. The Labute approximate surface area is 123 Å². The van der Waals surface area contributed by atoms with Gasteiger partial charge >= 0.3 is 0 Å². The zero-order valence-electron chi connectivity index (χ0n) is 11.1. The van der Waals surface area contributed by atoms with Crippen molar-refractivity contribution in [3.05, 3.63) is 42.5 Å². The molecule has 0 bridgehead atoms. The molecule has 0 atom stereocenters. The van der Waals surface area contributed by atoms with Crippen molar-refractivity contribution in [2.45, 2.75) is 4.90 Å². The normalized spacial score (nSPS) is 11.1. The average Bonchev–Trinajstić information content (AvgIpc) is 2.42. The fraction of sp³-hybridized carbons (Fsp3) is 0.308. The van der Waals surface area contributed by atoms with Gasteiger partial charge in [-0.1, -0.05) is 12.1 Å². The molecule has 1 aromatic rings. The van der Waals surface area contributed by atoms with Gasteiger partial charge in [0.1, 0.15) is 0 Å². The standard InChI is InChI=1S/C13H16ClNO4S/c1-3-7-15(8-9-19-2)13(16)11-5-4-6-12(10-11)20(14,17)18/h3-6,10H,1,7-9H2,2H3. The topological polar surface area (TPSA) is 63.7 Å². The summed E-state index contributed by atoms with van der Waals surface area (Å²) in [6.45, 7) is 4.71. The van der Waals surface area contributed by atoms with Gasteiger partial charge in [-0.25, -0.2) is 8.42 Å². The summed E-state index contributed by atoms with van der Waals surface area (Å²) in [6, 6.07) is 5.61. The maximum atomic E-state index is 12.3. The lowest BCUT2D eigenvalue weighted by molar-refractivity contribution is 0.0718.